The number of hydrogen-bond donors (Lipinski definition) is 2. The summed E-state index contributed by atoms with van der Waals surface area (Å²) in [6, 6.07) is 3.23. The first-order valence-electron chi connectivity index (χ1n) is 10.8. The fourth-order valence-electron chi connectivity index (χ4n) is 5.59. The summed E-state index contributed by atoms with van der Waals surface area (Å²) in [6.07, 6.45) is 0.263. The first-order valence-corrected chi connectivity index (χ1v) is 10.8. The summed E-state index contributed by atoms with van der Waals surface area (Å²) in [6.45, 7) is 2.74. The summed E-state index contributed by atoms with van der Waals surface area (Å²) >= 11 is 0. The lowest BCUT2D eigenvalue weighted by molar-refractivity contribution is -0.175. The van der Waals surface area contributed by atoms with Crippen molar-refractivity contribution in [3.63, 3.8) is 0 Å². The van der Waals surface area contributed by atoms with E-state index in [0.717, 1.165) is 6.92 Å². The van der Waals surface area contributed by atoms with Gasteiger partial charge in [-0.3, -0.25) is 28.8 Å². The molecule has 3 aliphatic rings. The van der Waals surface area contributed by atoms with Gasteiger partial charge in [-0.15, -0.1) is 0 Å². The van der Waals surface area contributed by atoms with Gasteiger partial charge in [-0.2, -0.15) is 0 Å². The number of Topliss-reactive ketones (excluding diaryl/α,β-unsaturated/α-hetero) is 6. The fourth-order valence-corrected chi connectivity index (χ4v) is 5.59. The zero-order chi connectivity index (χ0) is 23.5. The van der Waals surface area contributed by atoms with Crippen molar-refractivity contribution in [2.75, 3.05) is 0 Å². The van der Waals surface area contributed by atoms with Crippen LogP contribution in [0.5, 0.6) is 5.75 Å². The molecule has 1 aromatic carbocycles. The first kappa shape index (κ1) is 22.2. The highest BCUT2D eigenvalue weighted by Crippen LogP contribution is 2.50. The van der Waals surface area contributed by atoms with Crippen molar-refractivity contribution in [3.8, 4) is 5.75 Å². The van der Waals surface area contributed by atoms with Crippen LogP contribution < -0.4 is 0 Å². The Labute approximate surface area is 184 Å². The standard InChI is InChI=1S/C24H24O8/c1-3-15(26)8-12-5-4-11-6-13-7-14-9-16(27)17(10(2)25)22(30)24(14,32)23(31)19(13)21(29)18(11)20(12)28/h4-5,13-14,17,19,28,32H,3,6-9H2,1-2H3/t13-,14-,17?,19?,24+/m0/s1. The number of benzene rings is 1. The van der Waals surface area contributed by atoms with Crippen LogP contribution in [0, 0.1) is 23.7 Å². The largest absolute Gasteiger partial charge is 0.507 e. The summed E-state index contributed by atoms with van der Waals surface area (Å²) in [5, 5.41) is 21.9. The zero-order valence-corrected chi connectivity index (χ0v) is 17.8. The molecule has 2 fully saturated rings. The molecule has 0 heterocycles. The molecule has 4 rings (SSSR count). The van der Waals surface area contributed by atoms with Gasteiger partial charge in [0.25, 0.3) is 0 Å². The number of aliphatic hydroxyl groups is 1. The molecule has 0 saturated heterocycles. The molecule has 0 aliphatic heterocycles. The number of phenols is 1. The van der Waals surface area contributed by atoms with Crippen molar-refractivity contribution in [3.05, 3.63) is 28.8 Å². The molecule has 0 spiro atoms. The van der Waals surface area contributed by atoms with Crippen LogP contribution in [0.15, 0.2) is 12.1 Å². The van der Waals surface area contributed by atoms with E-state index in [4.69, 9.17) is 0 Å². The quantitative estimate of drug-likeness (QED) is 0.659. The average Bonchev–Trinajstić information content (AvgIpc) is 2.72. The molecule has 8 nitrogen and oxygen atoms in total. The Morgan fingerprint density at radius 3 is 2.41 bits per heavy atom. The van der Waals surface area contributed by atoms with Gasteiger partial charge in [0.05, 0.1) is 11.5 Å². The second-order valence-corrected chi connectivity index (χ2v) is 9.12. The maximum Gasteiger partial charge on any atom is 0.190 e. The molecule has 0 amide bonds. The molecule has 2 unspecified atom stereocenters. The zero-order valence-electron chi connectivity index (χ0n) is 17.8. The van der Waals surface area contributed by atoms with Crippen LogP contribution in [0.1, 0.15) is 54.6 Å². The van der Waals surface area contributed by atoms with Gasteiger partial charge in [0.2, 0.25) is 0 Å². The third-order valence-corrected chi connectivity index (χ3v) is 7.26. The maximum atomic E-state index is 13.4. The van der Waals surface area contributed by atoms with E-state index in [1.165, 1.54) is 0 Å². The number of rotatable bonds is 4. The van der Waals surface area contributed by atoms with E-state index in [9.17, 15) is 39.0 Å². The van der Waals surface area contributed by atoms with Crippen molar-refractivity contribution in [1.82, 2.24) is 0 Å². The van der Waals surface area contributed by atoms with E-state index in [1.54, 1.807) is 19.1 Å². The van der Waals surface area contributed by atoms with E-state index in [0.29, 0.717) is 5.56 Å². The molecule has 0 bridgehead atoms. The number of ketones is 6. The lowest BCUT2D eigenvalue weighted by Gasteiger charge is -2.48. The Morgan fingerprint density at radius 2 is 1.78 bits per heavy atom. The minimum Gasteiger partial charge on any atom is -0.507 e. The molecule has 2 saturated carbocycles. The lowest BCUT2D eigenvalue weighted by Crippen LogP contribution is -2.67. The smallest absolute Gasteiger partial charge is 0.190 e. The van der Waals surface area contributed by atoms with Crippen molar-refractivity contribution in [2.45, 2.75) is 51.6 Å². The summed E-state index contributed by atoms with van der Waals surface area (Å²) in [7, 11) is 0. The van der Waals surface area contributed by atoms with Gasteiger partial charge in [-0.05, 0) is 31.2 Å². The molecule has 3 aliphatic carbocycles. The Hall–Kier alpha value is -3.00. The molecule has 32 heavy (non-hydrogen) atoms. The minimum atomic E-state index is -2.58. The topological polar surface area (TPSA) is 143 Å². The molecular formula is C24H24O8. The van der Waals surface area contributed by atoms with Crippen LogP contribution in [0.4, 0.5) is 0 Å². The first-order chi connectivity index (χ1) is 15.0. The highest BCUT2D eigenvalue weighted by atomic mass is 16.3. The van der Waals surface area contributed by atoms with Crippen LogP contribution in [0.3, 0.4) is 0 Å². The van der Waals surface area contributed by atoms with Gasteiger partial charge in [0.15, 0.2) is 28.7 Å². The van der Waals surface area contributed by atoms with Crippen LogP contribution in [0.25, 0.3) is 0 Å². The minimum absolute atomic E-state index is 0.0577. The SMILES string of the molecule is CCC(=O)Cc1ccc2c(c1O)C(=O)C1C(=O)[C@]3(O)C(=O)C(C(C)=O)C(=O)C[C@@H]3C[C@@H]1C2. The Morgan fingerprint density at radius 1 is 1.09 bits per heavy atom. The van der Waals surface area contributed by atoms with Crippen molar-refractivity contribution in [1.29, 1.82) is 0 Å². The highest BCUT2D eigenvalue weighted by Gasteiger charge is 2.65. The predicted octanol–water partition coefficient (Wildman–Crippen LogP) is 0.952. The van der Waals surface area contributed by atoms with E-state index >= 15 is 0 Å². The molecular weight excluding hydrogens is 416 g/mol. The van der Waals surface area contributed by atoms with E-state index in [1.807, 2.05) is 0 Å². The number of fused-ring (bicyclic) bond motifs is 3. The van der Waals surface area contributed by atoms with Gasteiger partial charge >= 0.3 is 0 Å². The fraction of sp³-hybridized carbons (Fsp3) is 0.500. The van der Waals surface area contributed by atoms with Gasteiger partial charge < -0.3 is 10.2 Å². The van der Waals surface area contributed by atoms with Gasteiger partial charge in [-0.25, -0.2) is 0 Å². The molecule has 168 valence electrons. The molecule has 1 aromatic rings. The second kappa shape index (κ2) is 7.55. The van der Waals surface area contributed by atoms with Gasteiger partial charge in [0.1, 0.15) is 23.2 Å². The van der Waals surface area contributed by atoms with Crippen molar-refractivity contribution < 1.29 is 39.0 Å². The summed E-state index contributed by atoms with van der Waals surface area (Å²) in [5.74, 6) is -9.31. The number of aromatic hydroxyl groups is 1. The normalized spacial score (nSPS) is 31.6. The number of phenolic OH excluding ortho intramolecular Hbond substituents is 1. The van der Waals surface area contributed by atoms with Crippen LogP contribution in [-0.2, 0) is 36.8 Å². The Kier molecular flexibility index (Phi) is 5.24. The molecule has 8 heteroatoms. The van der Waals surface area contributed by atoms with Crippen LogP contribution in [-0.4, -0.2) is 50.5 Å². The molecule has 2 N–H and O–H groups in total. The summed E-state index contributed by atoms with van der Waals surface area (Å²) in [4.78, 5) is 75.8. The number of hydrogen-bond acceptors (Lipinski definition) is 8. The maximum absolute atomic E-state index is 13.4. The molecule has 5 atom stereocenters. The monoisotopic (exact) mass is 440 g/mol. The third kappa shape index (κ3) is 3.00. The van der Waals surface area contributed by atoms with Crippen molar-refractivity contribution in [2.24, 2.45) is 23.7 Å². The van der Waals surface area contributed by atoms with Gasteiger partial charge in [-0.1, -0.05) is 19.1 Å². The van der Waals surface area contributed by atoms with Crippen LogP contribution >= 0.6 is 0 Å². The lowest BCUT2D eigenvalue weighted by atomic mass is 9.53. The average molecular weight is 440 g/mol. The molecule has 0 aromatic heterocycles. The van der Waals surface area contributed by atoms with Crippen molar-refractivity contribution >= 4 is 34.7 Å². The van der Waals surface area contributed by atoms with Crippen LogP contribution in [0.2, 0.25) is 0 Å². The van der Waals surface area contributed by atoms with Gasteiger partial charge in [0, 0.05) is 30.7 Å². The highest BCUT2D eigenvalue weighted by molar-refractivity contribution is 6.31. The second-order valence-electron chi connectivity index (χ2n) is 9.12. The Bertz CT molecular complexity index is 1100. The number of carbonyl (C=O) groups excluding carboxylic acids is 6. The summed E-state index contributed by atoms with van der Waals surface area (Å²) in [5.41, 5.74) is -1.84. The summed E-state index contributed by atoms with van der Waals surface area (Å²) < 4.78 is 0. The number of carbonyl (C=O) groups is 6. The van der Waals surface area contributed by atoms with E-state index in [2.05, 4.69) is 0 Å². The predicted molar refractivity (Wildman–Crippen MR) is 109 cm³/mol. The Balaban J connectivity index is 1.76. The van der Waals surface area contributed by atoms with E-state index in [-0.39, 0.29) is 54.8 Å². The third-order valence-electron chi connectivity index (χ3n) is 7.26. The van der Waals surface area contributed by atoms with E-state index < -0.39 is 58.2 Å². The molecule has 0 radical (unpaired) electrons.